The van der Waals surface area contributed by atoms with Crippen molar-refractivity contribution in [1.82, 2.24) is 5.32 Å². The Morgan fingerprint density at radius 1 is 1.10 bits per heavy atom. The van der Waals surface area contributed by atoms with Crippen LogP contribution in [0.1, 0.15) is 37.8 Å². The molecule has 0 saturated carbocycles. The number of rotatable bonds is 7. The quantitative estimate of drug-likeness (QED) is 0.528. The molecule has 162 valence electrons. The molecule has 4 rings (SSSR count). The number of ether oxygens (including phenoxy) is 2. The van der Waals surface area contributed by atoms with Crippen molar-refractivity contribution in [2.24, 2.45) is 4.99 Å². The molecule has 2 N–H and O–H groups in total. The zero-order chi connectivity index (χ0) is 22.2. The average molecular weight is 422 g/mol. The summed E-state index contributed by atoms with van der Waals surface area (Å²) >= 11 is 0. The van der Waals surface area contributed by atoms with Gasteiger partial charge in [-0.25, -0.2) is 4.79 Å². The number of nitrogens with zero attached hydrogens (tertiary/aromatic N) is 1. The van der Waals surface area contributed by atoms with Crippen molar-refractivity contribution in [3.63, 3.8) is 0 Å². The molecule has 0 radical (unpaired) electrons. The molecule has 2 aromatic carbocycles. The SMILES string of the molecule is C/C(=N\CC1(C)O[C@@]1(C)O)C(=O)CNC(=O)OCC1c2ccccc2-c2ccccc21. The topological polar surface area (TPSA) is 101 Å². The highest BCUT2D eigenvalue weighted by Gasteiger charge is 2.63. The van der Waals surface area contributed by atoms with Gasteiger partial charge in [0.2, 0.25) is 0 Å². The predicted molar refractivity (Wildman–Crippen MR) is 116 cm³/mol. The Morgan fingerprint density at radius 2 is 1.65 bits per heavy atom. The molecule has 1 amide bonds. The fraction of sp³-hybridized carbons (Fsp3) is 0.375. The molecular formula is C24H26N2O5. The van der Waals surface area contributed by atoms with Crippen molar-refractivity contribution >= 4 is 17.6 Å². The van der Waals surface area contributed by atoms with E-state index in [2.05, 4.69) is 22.4 Å². The normalized spacial score (nSPS) is 24.3. The largest absolute Gasteiger partial charge is 0.449 e. The molecule has 7 heteroatoms. The molecule has 1 heterocycles. The number of benzene rings is 2. The van der Waals surface area contributed by atoms with Crippen LogP contribution in [0.3, 0.4) is 0 Å². The van der Waals surface area contributed by atoms with Gasteiger partial charge in [-0.1, -0.05) is 48.5 Å². The van der Waals surface area contributed by atoms with Gasteiger partial charge in [-0.2, -0.15) is 0 Å². The highest BCUT2D eigenvalue weighted by molar-refractivity contribution is 6.39. The van der Waals surface area contributed by atoms with Gasteiger partial charge in [-0.15, -0.1) is 0 Å². The smallest absolute Gasteiger partial charge is 0.407 e. The number of carbonyl (C=O) groups is 2. The van der Waals surface area contributed by atoms with Crippen LogP contribution in [0, 0.1) is 0 Å². The first-order valence-corrected chi connectivity index (χ1v) is 10.3. The van der Waals surface area contributed by atoms with E-state index in [0.717, 1.165) is 22.3 Å². The van der Waals surface area contributed by atoms with Gasteiger partial charge in [-0.05, 0) is 43.0 Å². The van der Waals surface area contributed by atoms with Crippen molar-refractivity contribution in [2.75, 3.05) is 19.7 Å². The zero-order valence-electron chi connectivity index (χ0n) is 17.8. The number of aliphatic imine (C=N–C) groups is 1. The fourth-order valence-electron chi connectivity index (χ4n) is 3.88. The number of amides is 1. The number of fused-ring (bicyclic) bond motifs is 3. The van der Waals surface area contributed by atoms with Gasteiger partial charge in [0.1, 0.15) is 12.2 Å². The van der Waals surface area contributed by atoms with Gasteiger partial charge in [0.25, 0.3) is 0 Å². The molecule has 0 aromatic heterocycles. The maximum absolute atomic E-state index is 12.2. The molecule has 2 aliphatic rings. The molecule has 1 unspecified atom stereocenters. The first-order valence-electron chi connectivity index (χ1n) is 10.3. The van der Waals surface area contributed by atoms with Crippen molar-refractivity contribution in [3.05, 3.63) is 59.7 Å². The predicted octanol–water partition coefficient (Wildman–Crippen LogP) is 3.05. The van der Waals surface area contributed by atoms with Crippen LogP contribution in [0.15, 0.2) is 53.5 Å². The minimum atomic E-state index is -1.22. The summed E-state index contributed by atoms with van der Waals surface area (Å²) in [6, 6.07) is 16.2. The lowest BCUT2D eigenvalue weighted by Gasteiger charge is -2.14. The summed E-state index contributed by atoms with van der Waals surface area (Å²) in [5.41, 5.74) is 4.04. The van der Waals surface area contributed by atoms with E-state index in [1.807, 2.05) is 36.4 Å². The van der Waals surface area contributed by atoms with Crippen molar-refractivity contribution in [1.29, 1.82) is 0 Å². The molecule has 2 aromatic rings. The molecule has 1 fully saturated rings. The van der Waals surface area contributed by atoms with E-state index >= 15 is 0 Å². The molecule has 1 aliphatic carbocycles. The number of aliphatic hydroxyl groups is 1. The Bertz CT molecular complexity index is 1020. The van der Waals surface area contributed by atoms with E-state index in [-0.39, 0.29) is 37.1 Å². The number of carbonyl (C=O) groups excluding carboxylic acids is 2. The van der Waals surface area contributed by atoms with Gasteiger partial charge in [0, 0.05) is 5.92 Å². The van der Waals surface area contributed by atoms with Crippen LogP contribution in [-0.2, 0) is 14.3 Å². The molecule has 1 saturated heterocycles. The number of hydrogen-bond donors (Lipinski definition) is 2. The van der Waals surface area contributed by atoms with E-state index in [4.69, 9.17) is 9.47 Å². The Morgan fingerprint density at radius 3 is 2.19 bits per heavy atom. The van der Waals surface area contributed by atoms with Crippen LogP contribution in [0.4, 0.5) is 4.79 Å². The third-order valence-corrected chi connectivity index (χ3v) is 6.12. The monoisotopic (exact) mass is 422 g/mol. The summed E-state index contributed by atoms with van der Waals surface area (Å²) < 4.78 is 10.6. The number of nitrogens with one attached hydrogen (secondary N) is 1. The maximum Gasteiger partial charge on any atom is 0.407 e. The molecule has 0 bridgehead atoms. The maximum atomic E-state index is 12.2. The number of hydrogen-bond acceptors (Lipinski definition) is 6. The van der Waals surface area contributed by atoms with Gasteiger partial charge >= 0.3 is 6.09 Å². The summed E-state index contributed by atoms with van der Waals surface area (Å²) in [4.78, 5) is 28.6. The van der Waals surface area contributed by atoms with E-state index in [0.29, 0.717) is 0 Å². The minimum absolute atomic E-state index is 0.0378. The molecule has 1 aliphatic heterocycles. The summed E-state index contributed by atoms with van der Waals surface area (Å²) in [6.45, 7) is 5.00. The fourth-order valence-corrected chi connectivity index (χ4v) is 3.88. The third kappa shape index (κ3) is 4.11. The Balaban J connectivity index is 1.30. The number of alkyl carbamates (subject to hydrolysis) is 1. The number of Topliss-reactive ketones (excluding diaryl/α,β-unsaturated/α-hetero) is 1. The second kappa shape index (κ2) is 7.90. The van der Waals surface area contributed by atoms with Crippen LogP contribution in [0.25, 0.3) is 11.1 Å². The molecule has 0 spiro atoms. The van der Waals surface area contributed by atoms with Crippen molar-refractivity contribution < 1.29 is 24.2 Å². The first-order chi connectivity index (χ1) is 14.7. The Kier molecular flexibility index (Phi) is 5.41. The van der Waals surface area contributed by atoms with Gasteiger partial charge in [0.15, 0.2) is 11.6 Å². The van der Waals surface area contributed by atoms with E-state index in [1.165, 1.54) is 0 Å². The Hall–Kier alpha value is -3.03. The molecule has 7 nitrogen and oxygen atoms in total. The average Bonchev–Trinajstić information content (AvgIpc) is 3.11. The molecular weight excluding hydrogens is 396 g/mol. The van der Waals surface area contributed by atoms with Crippen LogP contribution < -0.4 is 5.32 Å². The highest BCUT2D eigenvalue weighted by atomic mass is 16.7. The summed E-state index contributed by atoms with van der Waals surface area (Å²) in [5, 5.41) is 12.3. The summed E-state index contributed by atoms with van der Waals surface area (Å²) in [5.74, 6) is -1.58. The van der Waals surface area contributed by atoms with Crippen LogP contribution in [0.5, 0.6) is 0 Å². The lowest BCUT2D eigenvalue weighted by molar-refractivity contribution is -0.112. The van der Waals surface area contributed by atoms with E-state index in [9.17, 15) is 14.7 Å². The summed E-state index contributed by atoms with van der Waals surface area (Å²) in [6.07, 6.45) is -0.650. The number of epoxide rings is 1. The molecule has 2 atom stereocenters. The highest BCUT2D eigenvalue weighted by Crippen LogP contribution is 2.45. The van der Waals surface area contributed by atoms with Crippen molar-refractivity contribution in [3.8, 4) is 11.1 Å². The van der Waals surface area contributed by atoms with Gasteiger partial charge in [0.05, 0.1) is 18.8 Å². The second-order valence-corrected chi connectivity index (χ2v) is 8.32. The minimum Gasteiger partial charge on any atom is -0.449 e. The van der Waals surface area contributed by atoms with E-state index in [1.54, 1.807) is 20.8 Å². The summed E-state index contributed by atoms with van der Waals surface area (Å²) in [7, 11) is 0. The lowest BCUT2D eigenvalue weighted by Crippen LogP contribution is -2.34. The van der Waals surface area contributed by atoms with Crippen LogP contribution in [-0.4, -0.2) is 53.8 Å². The van der Waals surface area contributed by atoms with Gasteiger partial charge < -0.3 is 19.9 Å². The number of ketones is 1. The van der Waals surface area contributed by atoms with Crippen LogP contribution in [0.2, 0.25) is 0 Å². The standard InChI is InChI=1S/C24H26N2O5/c1-15(26-14-23(2)24(3,29)31-23)21(27)12-25-22(28)30-13-20-18-10-6-4-8-16(18)17-9-5-7-11-19(17)20/h4-11,20,29H,12-14H2,1-3H3,(H,25,28)/b26-15+/t23?,24-/m1/s1. The lowest BCUT2D eigenvalue weighted by atomic mass is 9.98. The van der Waals surface area contributed by atoms with Gasteiger partial charge in [-0.3, -0.25) is 9.79 Å². The Labute approximate surface area is 181 Å². The van der Waals surface area contributed by atoms with Crippen molar-refractivity contribution in [2.45, 2.75) is 38.1 Å². The van der Waals surface area contributed by atoms with E-state index < -0.39 is 17.5 Å². The van der Waals surface area contributed by atoms with Crippen LogP contribution >= 0.6 is 0 Å². The first kappa shape index (κ1) is 21.2. The second-order valence-electron chi connectivity index (χ2n) is 8.32. The third-order valence-electron chi connectivity index (χ3n) is 6.12. The zero-order valence-corrected chi connectivity index (χ0v) is 17.8. The molecule has 31 heavy (non-hydrogen) atoms.